The first kappa shape index (κ1) is 23.9. The maximum atomic E-state index is 14.0. The lowest BCUT2D eigenvalue weighted by Gasteiger charge is -2.28. The van der Waals surface area contributed by atoms with Crippen molar-refractivity contribution in [2.75, 3.05) is 0 Å². The van der Waals surface area contributed by atoms with E-state index in [1.54, 1.807) is 0 Å². The third-order valence-corrected chi connectivity index (χ3v) is 6.45. The number of halogens is 11. The van der Waals surface area contributed by atoms with Crippen molar-refractivity contribution in [2.45, 2.75) is 22.2 Å². The summed E-state index contributed by atoms with van der Waals surface area (Å²) in [5.74, 6) is -6.54. The first-order valence-corrected chi connectivity index (χ1v) is 10.3. The lowest BCUT2D eigenvalue weighted by Crippen LogP contribution is -2.54. The molecule has 0 amide bonds. The smallest absolute Gasteiger partial charge is 0.248 e. The van der Waals surface area contributed by atoms with E-state index in [2.05, 4.69) is 31.9 Å². The molecule has 28 heavy (non-hydrogen) atoms. The fourth-order valence-electron chi connectivity index (χ4n) is 2.07. The average Bonchev–Trinajstić information content (AvgIpc) is 2.53. The van der Waals surface area contributed by atoms with Crippen molar-refractivity contribution in [1.29, 1.82) is 0 Å². The van der Waals surface area contributed by atoms with Gasteiger partial charge in [-0.1, -0.05) is 61.1 Å². The summed E-state index contributed by atoms with van der Waals surface area (Å²) >= 11 is 17.6. The molecule has 0 heterocycles. The minimum absolute atomic E-state index is 0.00249. The van der Waals surface area contributed by atoms with E-state index in [-0.39, 0.29) is 30.1 Å². The van der Waals surface area contributed by atoms with Gasteiger partial charge in [-0.2, -0.15) is 30.7 Å². The minimum Gasteiger partial charge on any atom is -0.248 e. The molecule has 0 spiro atoms. The monoisotopic (exact) mass is 594 g/mol. The van der Waals surface area contributed by atoms with Crippen LogP contribution in [0.1, 0.15) is 0 Å². The summed E-state index contributed by atoms with van der Waals surface area (Å²) in [5, 5.41) is -5.93. The molecule has 0 aliphatic carbocycles. The Bertz CT molecular complexity index is 951. The van der Waals surface area contributed by atoms with Gasteiger partial charge in [-0.25, -0.2) is 4.21 Å². The molecule has 0 aromatic heterocycles. The molecule has 1 atom stereocenters. The second-order valence-corrected chi connectivity index (χ2v) is 9.35. The van der Waals surface area contributed by atoms with E-state index in [4.69, 9.17) is 23.2 Å². The Kier molecular flexibility index (Phi) is 6.88. The summed E-state index contributed by atoms with van der Waals surface area (Å²) in [6, 6.07) is 5.75. The number of hydrogen-bond donors (Lipinski definition) is 0. The molecule has 0 N–H and O–H groups in total. The Hall–Kier alpha value is -0.360. The van der Waals surface area contributed by atoms with Crippen LogP contribution < -0.4 is 0 Å². The van der Waals surface area contributed by atoms with Crippen LogP contribution in [0.25, 0.3) is 11.1 Å². The molecule has 0 saturated carbocycles. The second kappa shape index (κ2) is 8.05. The predicted octanol–water partition coefficient (Wildman–Crippen LogP) is 8.08. The highest BCUT2D eigenvalue weighted by Crippen LogP contribution is 2.51. The van der Waals surface area contributed by atoms with Gasteiger partial charge in [0.05, 0.1) is 4.90 Å². The fraction of sp³-hybridized carbons (Fsp3) is 0.200. The Morgan fingerprint density at radius 1 is 0.893 bits per heavy atom. The molecule has 154 valence electrons. The SMILES string of the molecule is O=S(c1cc(Br)cc(Br)c1-c1ccc(Cl)cc1Cl)C(F)(F)C(F)(F)C(F)(F)F. The van der Waals surface area contributed by atoms with Gasteiger partial charge in [0.15, 0.2) is 0 Å². The molecule has 0 fully saturated rings. The van der Waals surface area contributed by atoms with Crippen molar-refractivity contribution in [3.05, 3.63) is 49.3 Å². The first-order chi connectivity index (χ1) is 12.6. The van der Waals surface area contributed by atoms with E-state index < -0.39 is 33.0 Å². The molecule has 2 aromatic rings. The van der Waals surface area contributed by atoms with Crippen LogP contribution in [0.15, 0.2) is 44.2 Å². The van der Waals surface area contributed by atoms with E-state index in [9.17, 15) is 34.9 Å². The summed E-state index contributed by atoms with van der Waals surface area (Å²) < 4.78 is 105. The third kappa shape index (κ3) is 4.23. The van der Waals surface area contributed by atoms with Crippen LogP contribution in [0, 0.1) is 0 Å². The van der Waals surface area contributed by atoms with Gasteiger partial charge >= 0.3 is 17.4 Å². The van der Waals surface area contributed by atoms with E-state index in [0.717, 1.165) is 6.07 Å². The standard InChI is InChI=1S/C15H5Br2Cl2F7OS/c16-6-3-9(17)12(8-2-1-7(18)5-10(8)19)11(4-6)28(27)15(25,26)13(20,21)14(22,23)24/h1-5H. The molecule has 0 aliphatic rings. The average molecular weight is 597 g/mol. The maximum Gasteiger partial charge on any atom is 0.461 e. The molecular formula is C15H5Br2Cl2F7OS. The third-order valence-electron chi connectivity index (χ3n) is 3.37. The van der Waals surface area contributed by atoms with E-state index in [1.807, 2.05) is 0 Å². The van der Waals surface area contributed by atoms with Crippen LogP contribution in [0.5, 0.6) is 0 Å². The van der Waals surface area contributed by atoms with Gasteiger partial charge in [-0.05, 0) is 24.3 Å². The molecule has 0 radical (unpaired) electrons. The van der Waals surface area contributed by atoms with Crippen LogP contribution in [0.3, 0.4) is 0 Å². The minimum atomic E-state index is -6.62. The van der Waals surface area contributed by atoms with Crippen LogP contribution in [0.2, 0.25) is 10.0 Å². The first-order valence-electron chi connectivity index (χ1n) is 6.80. The van der Waals surface area contributed by atoms with Crippen molar-refractivity contribution in [1.82, 2.24) is 0 Å². The zero-order valence-corrected chi connectivity index (χ0v) is 18.4. The second-order valence-electron chi connectivity index (χ2n) is 5.24. The van der Waals surface area contributed by atoms with Crippen molar-refractivity contribution in [3.63, 3.8) is 0 Å². The molecule has 0 aliphatic heterocycles. The highest BCUT2D eigenvalue weighted by atomic mass is 79.9. The summed E-state index contributed by atoms with van der Waals surface area (Å²) in [6.07, 6.45) is -6.62. The normalized spacial score (nSPS) is 14.2. The van der Waals surface area contributed by atoms with Crippen molar-refractivity contribution < 1.29 is 34.9 Å². The molecule has 13 heteroatoms. The summed E-state index contributed by atoms with van der Waals surface area (Å²) in [5.41, 5.74) is -0.402. The number of hydrogen-bond acceptors (Lipinski definition) is 1. The Morgan fingerprint density at radius 3 is 1.96 bits per heavy atom. The van der Waals surface area contributed by atoms with E-state index in [1.165, 1.54) is 24.3 Å². The van der Waals surface area contributed by atoms with Crippen LogP contribution >= 0.6 is 55.1 Å². The van der Waals surface area contributed by atoms with Gasteiger partial charge in [0.1, 0.15) is 10.8 Å². The Morgan fingerprint density at radius 2 is 1.46 bits per heavy atom. The summed E-state index contributed by atoms with van der Waals surface area (Å²) in [4.78, 5) is -0.987. The Labute approximate surface area is 182 Å². The highest BCUT2D eigenvalue weighted by molar-refractivity contribution is 9.11. The van der Waals surface area contributed by atoms with Crippen LogP contribution in [-0.2, 0) is 10.8 Å². The highest BCUT2D eigenvalue weighted by Gasteiger charge is 2.76. The topological polar surface area (TPSA) is 17.1 Å². The number of rotatable bonds is 4. The van der Waals surface area contributed by atoms with Gasteiger partial charge in [0.25, 0.3) is 0 Å². The van der Waals surface area contributed by atoms with Gasteiger partial charge in [0, 0.05) is 30.1 Å². The van der Waals surface area contributed by atoms with Gasteiger partial charge in [0.2, 0.25) is 0 Å². The number of alkyl halides is 7. The molecule has 1 unspecified atom stereocenters. The molecular weight excluding hydrogens is 592 g/mol. The predicted molar refractivity (Wildman–Crippen MR) is 99.7 cm³/mol. The van der Waals surface area contributed by atoms with Gasteiger partial charge in [-0.15, -0.1) is 0 Å². The Balaban J connectivity index is 2.77. The van der Waals surface area contributed by atoms with Crippen LogP contribution in [-0.4, -0.2) is 21.6 Å². The molecule has 2 rings (SSSR count). The van der Waals surface area contributed by atoms with Gasteiger partial charge in [-0.3, -0.25) is 0 Å². The summed E-state index contributed by atoms with van der Waals surface area (Å²) in [6.45, 7) is 0. The lowest BCUT2D eigenvalue weighted by molar-refractivity contribution is -0.331. The quantitative estimate of drug-likeness (QED) is 0.326. The van der Waals surface area contributed by atoms with E-state index in [0.29, 0.717) is 0 Å². The van der Waals surface area contributed by atoms with Crippen molar-refractivity contribution >= 4 is 65.9 Å². The van der Waals surface area contributed by atoms with Crippen molar-refractivity contribution in [2.24, 2.45) is 0 Å². The zero-order chi connectivity index (χ0) is 21.7. The van der Waals surface area contributed by atoms with Gasteiger partial charge < -0.3 is 0 Å². The molecule has 0 saturated heterocycles. The molecule has 2 aromatic carbocycles. The van der Waals surface area contributed by atoms with Crippen molar-refractivity contribution in [3.8, 4) is 11.1 Å². The number of benzene rings is 2. The van der Waals surface area contributed by atoms with Crippen LogP contribution in [0.4, 0.5) is 30.7 Å². The lowest BCUT2D eigenvalue weighted by atomic mass is 10.1. The fourth-order valence-corrected chi connectivity index (χ4v) is 5.56. The largest absolute Gasteiger partial charge is 0.461 e. The molecule has 1 nitrogen and oxygen atoms in total. The maximum absolute atomic E-state index is 14.0. The zero-order valence-electron chi connectivity index (χ0n) is 12.9. The van der Waals surface area contributed by atoms with E-state index >= 15 is 0 Å². The summed E-state index contributed by atoms with van der Waals surface area (Å²) in [7, 11) is -4.11. The molecule has 0 bridgehead atoms.